The number of likely N-dealkylation sites (tertiary alicyclic amines) is 1. The third-order valence-corrected chi connectivity index (χ3v) is 6.96. The topological polar surface area (TPSA) is 115 Å². The maximum atomic E-state index is 11.4. The second kappa shape index (κ2) is 10.6. The van der Waals surface area contributed by atoms with E-state index in [4.69, 9.17) is 18.7 Å². The molecule has 1 saturated heterocycles. The molecule has 2 fully saturated rings. The fourth-order valence-electron chi connectivity index (χ4n) is 4.98. The first-order valence-corrected chi connectivity index (χ1v) is 12.4. The number of phosphoric acid groups is 1. The quantitative estimate of drug-likeness (QED) is 0.360. The molecule has 176 valence electrons. The van der Waals surface area contributed by atoms with Crippen LogP contribution in [0, 0.1) is 0 Å². The van der Waals surface area contributed by atoms with Crippen molar-refractivity contribution in [2.45, 2.75) is 56.8 Å². The van der Waals surface area contributed by atoms with Gasteiger partial charge in [-0.3, -0.25) is 4.48 Å². The number of aliphatic hydroxyl groups excluding tert-OH is 1. The van der Waals surface area contributed by atoms with Crippen molar-refractivity contribution in [1.82, 2.24) is 0 Å². The summed E-state index contributed by atoms with van der Waals surface area (Å²) in [5, 5.41) is 10.2. The standard InChI is InChI=1S/C21H34NO8P/c1-27-20-8-7-16(13-21(20)28-2)10-12-29-19-6-4-3-5-18(19)22(11-9-17(23)14-22)15-30-31(24,25)26/h7-8,13,17-19,23H,3-6,9-12,14-15H2,1-2H3,(H-,24,25,26)/p+1/t17-,18+,19+,22+/m1/s1. The molecule has 0 radical (unpaired) electrons. The SMILES string of the molecule is COc1ccc(CCO[C@H]2CCCC[C@@H]2[N@@+]2(COP(=O)(O)O)CC[C@@H](O)C2)cc1OC. The molecule has 0 unspecified atom stereocenters. The van der Waals surface area contributed by atoms with Gasteiger partial charge < -0.3 is 29.1 Å². The van der Waals surface area contributed by atoms with Crippen molar-refractivity contribution in [3.8, 4) is 11.5 Å². The summed E-state index contributed by atoms with van der Waals surface area (Å²) in [6.45, 7) is 1.47. The molecule has 4 atom stereocenters. The van der Waals surface area contributed by atoms with Crippen molar-refractivity contribution >= 4 is 7.82 Å². The van der Waals surface area contributed by atoms with Gasteiger partial charge in [-0.15, -0.1) is 0 Å². The van der Waals surface area contributed by atoms with Gasteiger partial charge in [-0.25, -0.2) is 9.09 Å². The third kappa shape index (κ3) is 6.42. The number of ether oxygens (including phenoxy) is 3. The van der Waals surface area contributed by atoms with Crippen molar-refractivity contribution in [2.75, 3.05) is 40.6 Å². The Bertz CT molecular complexity index is 772. The maximum absolute atomic E-state index is 11.4. The van der Waals surface area contributed by atoms with E-state index in [-0.39, 0.29) is 18.9 Å². The minimum absolute atomic E-state index is 0.0421. The predicted molar refractivity (Wildman–Crippen MR) is 114 cm³/mol. The number of nitrogens with zero attached hydrogens (tertiary/aromatic N) is 1. The van der Waals surface area contributed by atoms with Crippen molar-refractivity contribution < 1.29 is 42.7 Å². The fourth-order valence-corrected chi connectivity index (χ4v) is 5.36. The molecule has 0 aromatic heterocycles. The zero-order chi connectivity index (χ0) is 22.5. The second-order valence-electron chi connectivity index (χ2n) is 8.52. The van der Waals surface area contributed by atoms with E-state index in [2.05, 4.69) is 0 Å². The number of quaternary nitrogens is 1. The molecule has 31 heavy (non-hydrogen) atoms. The van der Waals surface area contributed by atoms with Gasteiger partial charge in [0, 0.05) is 12.8 Å². The summed E-state index contributed by atoms with van der Waals surface area (Å²) in [7, 11) is -1.37. The van der Waals surface area contributed by atoms with Crippen LogP contribution < -0.4 is 9.47 Å². The Morgan fingerprint density at radius 2 is 1.84 bits per heavy atom. The zero-order valence-electron chi connectivity index (χ0n) is 18.3. The molecular weight excluding hydrogens is 425 g/mol. The smallest absolute Gasteiger partial charge is 0.474 e. The highest BCUT2D eigenvalue weighted by Gasteiger charge is 2.49. The Morgan fingerprint density at radius 3 is 2.48 bits per heavy atom. The summed E-state index contributed by atoms with van der Waals surface area (Å²) in [5.41, 5.74) is 1.08. The summed E-state index contributed by atoms with van der Waals surface area (Å²) in [5.74, 6) is 1.37. The maximum Gasteiger partial charge on any atom is 0.474 e. The van der Waals surface area contributed by atoms with Crippen LogP contribution in [-0.4, -0.2) is 78.3 Å². The Morgan fingerprint density at radius 1 is 1.10 bits per heavy atom. The highest BCUT2D eigenvalue weighted by Crippen LogP contribution is 2.41. The molecule has 0 spiro atoms. The number of hydrogen-bond acceptors (Lipinski definition) is 6. The molecule has 2 aliphatic rings. The van der Waals surface area contributed by atoms with Gasteiger partial charge in [0.2, 0.25) is 0 Å². The van der Waals surface area contributed by atoms with Gasteiger partial charge in [0.15, 0.2) is 18.2 Å². The molecule has 1 aliphatic carbocycles. The molecule has 0 bridgehead atoms. The van der Waals surface area contributed by atoms with Gasteiger partial charge in [-0.05, 0) is 37.0 Å². The van der Waals surface area contributed by atoms with Gasteiger partial charge >= 0.3 is 7.82 Å². The predicted octanol–water partition coefficient (Wildman–Crippen LogP) is 2.22. The normalized spacial score (nSPS) is 29.1. The van der Waals surface area contributed by atoms with Gasteiger partial charge in [-0.2, -0.15) is 0 Å². The Kier molecular flexibility index (Phi) is 8.37. The Balaban J connectivity index is 1.66. The first-order valence-electron chi connectivity index (χ1n) is 10.8. The van der Waals surface area contributed by atoms with Crippen molar-refractivity contribution in [1.29, 1.82) is 0 Å². The van der Waals surface area contributed by atoms with E-state index in [1.165, 1.54) is 0 Å². The molecule has 1 heterocycles. The van der Waals surface area contributed by atoms with Crippen molar-refractivity contribution in [3.63, 3.8) is 0 Å². The molecular formula is C21H35NO8P+. The van der Waals surface area contributed by atoms with E-state index in [0.29, 0.717) is 48.5 Å². The molecule has 3 N–H and O–H groups in total. The summed E-state index contributed by atoms with van der Waals surface area (Å²) in [6, 6.07) is 5.85. The van der Waals surface area contributed by atoms with Crippen LogP contribution in [0.3, 0.4) is 0 Å². The van der Waals surface area contributed by atoms with Crippen LogP contribution in [0.4, 0.5) is 0 Å². The van der Waals surface area contributed by atoms with Gasteiger partial charge in [0.05, 0.1) is 27.4 Å². The van der Waals surface area contributed by atoms with E-state index in [1.807, 2.05) is 18.2 Å². The van der Waals surface area contributed by atoms with Crippen molar-refractivity contribution in [3.05, 3.63) is 23.8 Å². The summed E-state index contributed by atoms with van der Waals surface area (Å²) >= 11 is 0. The van der Waals surface area contributed by atoms with E-state index in [9.17, 15) is 19.5 Å². The Hall–Kier alpha value is -1.19. The molecule has 3 rings (SSSR count). The third-order valence-electron chi connectivity index (χ3n) is 6.51. The summed E-state index contributed by atoms with van der Waals surface area (Å²) in [4.78, 5) is 18.5. The molecule has 1 saturated carbocycles. The minimum atomic E-state index is -4.59. The number of hydrogen-bond donors (Lipinski definition) is 3. The van der Waals surface area contributed by atoms with Crippen LogP contribution in [0.2, 0.25) is 0 Å². The average molecular weight is 460 g/mol. The van der Waals surface area contributed by atoms with Crippen LogP contribution in [0.5, 0.6) is 11.5 Å². The molecule has 1 aliphatic heterocycles. The van der Waals surface area contributed by atoms with Gasteiger partial charge in [-0.1, -0.05) is 12.5 Å². The van der Waals surface area contributed by atoms with E-state index < -0.39 is 13.9 Å². The number of phosphoric ester groups is 1. The average Bonchev–Trinajstić information content (AvgIpc) is 3.14. The lowest BCUT2D eigenvalue weighted by Crippen LogP contribution is -2.61. The molecule has 1 aromatic carbocycles. The lowest BCUT2D eigenvalue weighted by atomic mass is 9.89. The lowest BCUT2D eigenvalue weighted by molar-refractivity contribution is -0.960. The summed E-state index contributed by atoms with van der Waals surface area (Å²) in [6.07, 6.45) is 4.64. The monoisotopic (exact) mass is 460 g/mol. The van der Waals surface area contributed by atoms with Crippen LogP contribution in [0.25, 0.3) is 0 Å². The minimum Gasteiger partial charge on any atom is -0.493 e. The van der Waals surface area contributed by atoms with Gasteiger partial charge in [0.25, 0.3) is 0 Å². The van der Waals surface area contributed by atoms with Gasteiger partial charge in [0.1, 0.15) is 24.8 Å². The second-order valence-corrected chi connectivity index (χ2v) is 9.76. The molecule has 9 nitrogen and oxygen atoms in total. The molecule has 10 heteroatoms. The lowest BCUT2D eigenvalue weighted by Gasteiger charge is -2.46. The first kappa shape index (κ1) is 24.5. The van der Waals surface area contributed by atoms with E-state index in [0.717, 1.165) is 31.2 Å². The van der Waals surface area contributed by atoms with Crippen LogP contribution in [0.1, 0.15) is 37.7 Å². The number of aliphatic hydroxyl groups is 1. The van der Waals surface area contributed by atoms with E-state index in [1.54, 1.807) is 14.2 Å². The largest absolute Gasteiger partial charge is 0.493 e. The van der Waals surface area contributed by atoms with Crippen LogP contribution in [-0.2, 0) is 20.2 Å². The fraction of sp³-hybridized carbons (Fsp3) is 0.714. The zero-order valence-corrected chi connectivity index (χ0v) is 19.2. The number of methoxy groups -OCH3 is 2. The highest BCUT2D eigenvalue weighted by atomic mass is 31.2. The summed E-state index contributed by atoms with van der Waals surface area (Å²) < 4.78 is 33.6. The Labute approximate surface area is 183 Å². The van der Waals surface area contributed by atoms with E-state index >= 15 is 0 Å². The van der Waals surface area contributed by atoms with Crippen molar-refractivity contribution in [2.24, 2.45) is 0 Å². The van der Waals surface area contributed by atoms with Crippen LogP contribution in [0.15, 0.2) is 18.2 Å². The molecule has 0 amide bonds. The number of rotatable bonds is 10. The molecule has 1 aromatic rings. The first-order chi connectivity index (χ1) is 14.8. The van der Waals surface area contributed by atoms with Crippen LogP contribution >= 0.6 is 7.82 Å². The highest BCUT2D eigenvalue weighted by molar-refractivity contribution is 7.46. The number of benzene rings is 1.